The van der Waals surface area contributed by atoms with Gasteiger partial charge in [-0.3, -0.25) is 4.79 Å². The van der Waals surface area contributed by atoms with E-state index in [1.165, 1.54) is 6.42 Å². The van der Waals surface area contributed by atoms with Crippen molar-refractivity contribution in [2.45, 2.75) is 32.1 Å². The maximum absolute atomic E-state index is 11.8. The zero-order chi connectivity index (χ0) is 12.1. The number of aromatic nitrogens is 1. The van der Waals surface area contributed by atoms with E-state index in [9.17, 15) is 9.90 Å². The molecule has 1 fully saturated rings. The lowest BCUT2D eigenvalue weighted by Gasteiger charge is -2.35. The summed E-state index contributed by atoms with van der Waals surface area (Å²) >= 11 is 0. The Hall–Kier alpha value is -1.29. The van der Waals surface area contributed by atoms with Crippen LogP contribution in [0.2, 0.25) is 0 Å². The van der Waals surface area contributed by atoms with E-state index in [1.807, 2.05) is 0 Å². The number of hydrogen-bond acceptors (Lipinski definition) is 2. The third kappa shape index (κ3) is 2.88. The minimum atomic E-state index is -0.0967. The van der Waals surface area contributed by atoms with Crippen molar-refractivity contribution in [2.24, 2.45) is 5.41 Å². The van der Waals surface area contributed by atoms with E-state index < -0.39 is 0 Å². The first-order valence-electron chi connectivity index (χ1n) is 6.28. The Morgan fingerprint density at radius 2 is 2.18 bits per heavy atom. The van der Waals surface area contributed by atoms with Gasteiger partial charge in [0, 0.05) is 18.2 Å². The summed E-state index contributed by atoms with van der Waals surface area (Å²) in [5.74, 6) is -0.0894. The fourth-order valence-corrected chi connectivity index (χ4v) is 2.53. The minimum absolute atomic E-state index is 0.0894. The highest BCUT2D eigenvalue weighted by Crippen LogP contribution is 2.35. The summed E-state index contributed by atoms with van der Waals surface area (Å²) in [4.78, 5) is 14.7. The van der Waals surface area contributed by atoms with E-state index in [0.717, 1.165) is 25.7 Å². The molecule has 0 unspecified atom stereocenters. The van der Waals surface area contributed by atoms with Crippen molar-refractivity contribution in [3.63, 3.8) is 0 Å². The second kappa shape index (κ2) is 5.36. The van der Waals surface area contributed by atoms with Gasteiger partial charge in [0.05, 0.1) is 6.61 Å². The summed E-state index contributed by atoms with van der Waals surface area (Å²) in [5.41, 5.74) is 0.481. The van der Waals surface area contributed by atoms with Gasteiger partial charge in [0.25, 0.3) is 5.91 Å². The van der Waals surface area contributed by atoms with Gasteiger partial charge < -0.3 is 15.4 Å². The van der Waals surface area contributed by atoms with Crippen molar-refractivity contribution in [2.75, 3.05) is 13.2 Å². The van der Waals surface area contributed by atoms with Gasteiger partial charge in [-0.2, -0.15) is 0 Å². The van der Waals surface area contributed by atoms with Crippen LogP contribution in [0.3, 0.4) is 0 Å². The molecule has 0 aliphatic heterocycles. The maximum atomic E-state index is 11.8. The van der Waals surface area contributed by atoms with Gasteiger partial charge in [-0.05, 0) is 25.0 Å². The minimum Gasteiger partial charge on any atom is -0.396 e. The number of aromatic amines is 1. The van der Waals surface area contributed by atoms with E-state index in [4.69, 9.17) is 0 Å². The fraction of sp³-hybridized carbons (Fsp3) is 0.615. The first-order valence-corrected chi connectivity index (χ1v) is 6.28. The summed E-state index contributed by atoms with van der Waals surface area (Å²) in [6.07, 6.45) is 7.30. The standard InChI is InChI=1S/C13H20N2O2/c16-10-13(6-2-1-3-7-13)9-15-12(17)11-5-4-8-14-11/h4-5,8,14,16H,1-3,6-7,9-10H2,(H,15,17). The van der Waals surface area contributed by atoms with Crippen LogP contribution in [0.15, 0.2) is 18.3 Å². The topological polar surface area (TPSA) is 65.1 Å². The van der Waals surface area contributed by atoms with Gasteiger partial charge in [-0.1, -0.05) is 19.3 Å². The molecule has 94 valence electrons. The highest BCUT2D eigenvalue weighted by atomic mass is 16.3. The molecule has 4 nitrogen and oxygen atoms in total. The monoisotopic (exact) mass is 236 g/mol. The molecule has 1 aromatic heterocycles. The predicted octanol–water partition coefficient (Wildman–Crippen LogP) is 1.69. The van der Waals surface area contributed by atoms with E-state index >= 15 is 0 Å². The molecule has 0 bridgehead atoms. The molecular weight excluding hydrogens is 216 g/mol. The van der Waals surface area contributed by atoms with Gasteiger partial charge in [-0.25, -0.2) is 0 Å². The molecule has 17 heavy (non-hydrogen) atoms. The number of aliphatic hydroxyl groups is 1. The molecular formula is C13H20N2O2. The quantitative estimate of drug-likeness (QED) is 0.744. The predicted molar refractivity (Wildman–Crippen MR) is 65.7 cm³/mol. The molecule has 0 aromatic carbocycles. The zero-order valence-corrected chi connectivity index (χ0v) is 10.0. The summed E-state index contributed by atoms with van der Waals surface area (Å²) in [7, 11) is 0. The molecule has 1 amide bonds. The molecule has 1 aromatic rings. The fourth-order valence-electron chi connectivity index (χ4n) is 2.53. The Kier molecular flexibility index (Phi) is 3.84. The summed E-state index contributed by atoms with van der Waals surface area (Å²) in [5, 5.41) is 12.4. The van der Waals surface area contributed by atoms with Crippen molar-refractivity contribution in [3.05, 3.63) is 24.0 Å². The van der Waals surface area contributed by atoms with Crippen LogP contribution in [0.25, 0.3) is 0 Å². The SMILES string of the molecule is O=C(NCC1(CO)CCCCC1)c1ccc[nH]1. The van der Waals surface area contributed by atoms with Crippen LogP contribution in [0.1, 0.15) is 42.6 Å². The van der Waals surface area contributed by atoms with Crippen molar-refractivity contribution in [1.29, 1.82) is 0 Å². The second-order valence-electron chi connectivity index (χ2n) is 4.99. The first kappa shape index (κ1) is 12.2. The smallest absolute Gasteiger partial charge is 0.267 e. The first-order chi connectivity index (χ1) is 8.26. The molecule has 0 spiro atoms. The maximum Gasteiger partial charge on any atom is 0.267 e. The number of nitrogens with one attached hydrogen (secondary N) is 2. The van der Waals surface area contributed by atoms with Gasteiger partial charge in [0.1, 0.15) is 5.69 Å². The summed E-state index contributed by atoms with van der Waals surface area (Å²) in [6.45, 7) is 0.735. The summed E-state index contributed by atoms with van der Waals surface area (Å²) in [6, 6.07) is 3.55. The highest BCUT2D eigenvalue weighted by molar-refractivity contribution is 5.92. The average Bonchev–Trinajstić information content (AvgIpc) is 2.91. The molecule has 0 radical (unpaired) electrons. The number of rotatable bonds is 4. The van der Waals surface area contributed by atoms with Crippen molar-refractivity contribution >= 4 is 5.91 Å². The lowest BCUT2D eigenvalue weighted by atomic mass is 9.74. The molecule has 0 saturated heterocycles. The third-order valence-corrected chi connectivity index (χ3v) is 3.72. The van der Waals surface area contributed by atoms with Gasteiger partial charge >= 0.3 is 0 Å². The van der Waals surface area contributed by atoms with Crippen LogP contribution < -0.4 is 5.32 Å². The Morgan fingerprint density at radius 3 is 2.76 bits per heavy atom. The molecule has 2 rings (SSSR count). The number of carbonyl (C=O) groups excluding carboxylic acids is 1. The summed E-state index contributed by atoms with van der Waals surface area (Å²) < 4.78 is 0. The van der Waals surface area contributed by atoms with Crippen LogP contribution >= 0.6 is 0 Å². The average molecular weight is 236 g/mol. The van der Waals surface area contributed by atoms with E-state index in [2.05, 4.69) is 10.3 Å². The number of hydrogen-bond donors (Lipinski definition) is 3. The lowest BCUT2D eigenvalue weighted by Crippen LogP contribution is -2.41. The Balaban J connectivity index is 1.89. The Bertz CT molecular complexity index is 354. The van der Waals surface area contributed by atoms with E-state index in [0.29, 0.717) is 12.2 Å². The third-order valence-electron chi connectivity index (χ3n) is 3.72. The van der Waals surface area contributed by atoms with Crippen LogP contribution in [-0.4, -0.2) is 29.1 Å². The van der Waals surface area contributed by atoms with Crippen LogP contribution in [0.5, 0.6) is 0 Å². The molecule has 3 N–H and O–H groups in total. The van der Waals surface area contributed by atoms with Crippen molar-refractivity contribution in [3.8, 4) is 0 Å². The molecule has 1 saturated carbocycles. The van der Waals surface area contributed by atoms with Gasteiger partial charge in [-0.15, -0.1) is 0 Å². The molecule has 1 aliphatic rings. The van der Waals surface area contributed by atoms with E-state index in [-0.39, 0.29) is 17.9 Å². The van der Waals surface area contributed by atoms with E-state index in [1.54, 1.807) is 18.3 Å². The van der Waals surface area contributed by atoms with Gasteiger partial charge in [0.15, 0.2) is 0 Å². The molecule has 1 aliphatic carbocycles. The van der Waals surface area contributed by atoms with Crippen LogP contribution in [0, 0.1) is 5.41 Å². The second-order valence-corrected chi connectivity index (χ2v) is 4.99. The normalized spacial score (nSPS) is 18.9. The zero-order valence-electron chi connectivity index (χ0n) is 10.0. The number of carbonyl (C=O) groups is 1. The molecule has 4 heteroatoms. The molecule has 1 heterocycles. The van der Waals surface area contributed by atoms with Crippen LogP contribution in [0.4, 0.5) is 0 Å². The number of aliphatic hydroxyl groups excluding tert-OH is 1. The molecule has 0 atom stereocenters. The van der Waals surface area contributed by atoms with Gasteiger partial charge in [0.2, 0.25) is 0 Å². The Labute approximate surface area is 101 Å². The number of amides is 1. The highest BCUT2D eigenvalue weighted by Gasteiger charge is 2.31. The largest absolute Gasteiger partial charge is 0.396 e. The number of H-pyrrole nitrogens is 1. The lowest BCUT2D eigenvalue weighted by molar-refractivity contribution is 0.0716. The Morgan fingerprint density at radius 1 is 1.41 bits per heavy atom. The van der Waals surface area contributed by atoms with Crippen LogP contribution in [-0.2, 0) is 0 Å². The van der Waals surface area contributed by atoms with Crippen molar-refractivity contribution < 1.29 is 9.90 Å². The van der Waals surface area contributed by atoms with Crippen molar-refractivity contribution in [1.82, 2.24) is 10.3 Å².